The molecule has 0 unspecified atom stereocenters. The van der Waals surface area contributed by atoms with Crippen molar-refractivity contribution in [3.05, 3.63) is 77.6 Å². The molecule has 2 aromatic carbocycles. The van der Waals surface area contributed by atoms with Crippen LogP contribution in [0.15, 0.2) is 63.5 Å². The van der Waals surface area contributed by atoms with Gasteiger partial charge in [0.1, 0.15) is 17.9 Å². The highest BCUT2D eigenvalue weighted by Gasteiger charge is 2.23. The second kappa shape index (κ2) is 8.18. The van der Waals surface area contributed by atoms with E-state index in [4.69, 9.17) is 18.4 Å². The third-order valence-electron chi connectivity index (χ3n) is 4.34. The lowest BCUT2D eigenvalue weighted by molar-refractivity contribution is 0.0392. The molecule has 29 heavy (non-hydrogen) atoms. The van der Waals surface area contributed by atoms with Crippen LogP contribution < -0.4 is 4.74 Å². The first-order valence-electron chi connectivity index (χ1n) is 9.29. The Morgan fingerprint density at radius 2 is 1.79 bits per heavy atom. The average molecular weight is 392 g/mol. The number of carbonyl (C=O) groups excluding carboxylic acids is 1. The zero-order chi connectivity index (χ0) is 20.2. The molecule has 2 heterocycles. The van der Waals surface area contributed by atoms with Gasteiger partial charge in [-0.05, 0) is 18.2 Å². The van der Waals surface area contributed by atoms with Gasteiger partial charge >= 0.3 is 5.97 Å². The van der Waals surface area contributed by atoms with E-state index in [1.807, 2.05) is 62.4 Å². The predicted octanol–water partition coefficient (Wildman–Crippen LogP) is 4.88. The Kier molecular flexibility index (Phi) is 5.29. The van der Waals surface area contributed by atoms with Crippen molar-refractivity contribution in [3.8, 4) is 5.75 Å². The van der Waals surface area contributed by atoms with Crippen molar-refractivity contribution in [1.29, 1.82) is 0 Å². The molecule has 0 aliphatic heterocycles. The quantitative estimate of drug-likeness (QED) is 0.414. The van der Waals surface area contributed by atoms with Gasteiger partial charge in [-0.1, -0.05) is 55.4 Å². The van der Waals surface area contributed by atoms with Gasteiger partial charge in [0, 0.05) is 11.3 Å². The summed E-state index contributed by atoms with van der Waals surface area (Å²) >= 11 is 0. The van der Waals surface area contributed by atoms with Gasteiger partial charge in [0.25, 0.3) is 5.89 Å². The first-order chi connectivity index (χ1) is 14.1. The molecule has 7 nitrogen and oxygen atoms in total. The fourth-order valence-electron chi connectivity index (χ4n) is 2.83. The Morgan fingerprint density at radius 3 is 2.55 bits per heavy atom. The van der Waals surface area contributed by atoms with Crippen LogP contribution in [0.5, 0.6) is 5.75 Å². The SMILES string of the molecule is CC(C)c1noc(COC(=O)c2oc3ccccc3c2COc2ccccc2)n1. The number of esters is 1. The van der Waals surface area contributed by atoms with Gasteiger partial charge in [-0.3, -0.25) is 0 Å². The molecule has 4 aromatic rings. The molecule has 0 atom stereocenters. The molecule has 0 fully saturated rings. The Labute approximate surface area is 167 Å². The number of nitrogens with zero attached hydrogens (tertiary/aromatic N) is 2. The lowest BCUT2D eigenvalue weighted by atomic mass is 10.1. The monoisotopic (exact) mass is 392 g/mol. The summed E-state index contributed by atoms with van der Waals surface area (Å²) in [6, 6.07) is 16.8. The van der Waals surface area contributed by atoms with Crippen LogP contribution in [-0.4, -0.2) is 16.1 Å². The van der Waals surface area contributed by atoms with Crippen molar-refractivity contribution in [1.82, 2.24) is 10.1 Å². The number of ether oxygens (including phenoxy) is 2. The lowest BCUT2D eigenvalue weighted by Gasteiger charge is -2.06. The van der Waals surface area contributed by atoms with Crippen molar-refractivity contribution < 1.29 is 23.2 Å². The topological polar surface area (TPSA) is 87.6 Å². The summed E-state index contributed by atoms with van der Waals surface area (Å²) in [6.07, 6.45) is 0. The van der Waals surface area contributed by atoms with Crippen molar-refractivity contribution in [2.75, 3.05) is 0 Å². The molecule has 7 heteroatoms. The number of hydrogen-bond donors (Lipinski definition) is 0. The van der Waals surface area contributed by atoms with E-state index in [-0.39, 0.29) is 30.8 Å². The van der Waals surface area contributed by atoms with Crippen molar-refractivity contribution in [2.24, 2.45) is 0 Å². The molecule has 0 N–H and O–H groups in total. The molecule has 0 saturated carbocycles. The molecule has 0 spiro atoms. The lowest BCUT2D eigenvalue weighted by Crippen LogP contribution is -2.08. The number of fused-ring (bicyclic) bond motifs is 1. The second-order valence-electron chi connectivity index (χ2n) is 6.78. The highest BCUT2D eigenvalue weighted by molar-refractivity contribution is 5.96. The molecule has 0 amide bonds. The van der Waals surface area contributed by atoms with Crippen LogP contribution in [0.4, 0.5) is 0 Å². The minimum atomic E-state index is -0.614. The largest absolute Gasteiger partial charge is 0.489 e. The predicted molar refractivity (Wildman–Crippen MR) is 104 cm³/mol. The van der Waals surface area contributed by atoms with Gasteiger partial charge in [-0.2, -0.15) is 4.98 Å². The van der Waals surface area contributed by atoms with Gasteiger partial charge in [-0.15, -0.1) is 0 Å². The van der Waals surface area contributed by atoms with E-state index in [1.165, 1.54) is 0 Å². The van der Waals surface area contributed by atoms with Gasteiger partial charge in [0.05, 0.1) is 5.56 Å². The molecular weight excluding hydrogens is 372 g/mol. The van der Waals surface area contributed by atoms with E-state index in [0.717, 1.165) is 5.39 Å². The molecular formula is C22H20N2O5. The van der Waals surface area contributed by atoms with Crippen molar-refractivity contribution >= 4 is 16.9 Å². The second-order valence-corrected chi connectivity index (χ2v) is 6.78. The maximum atomic E-state index is 12.7. The number of hydrogen-bond acceptors (Lipinski definition) is 7. The maximum Gasteiger partial charge on any atom is 0.375 e. The Bertz CT molecular complexity index is 1110. The molecule has 148 valence electrons. The smallest absolute Gasteiger partial charge is 0.375 e. The Morgan fingerprint density at radius 1 is 1.03 bits per heavy atom. The summed E-state index contributed by atoms with van der Waals surface area (Å²) in [5.74, 6) is 1.12. The number of aromatic nitrogens is 2. The first-order valence-corrected chi connectivity index (χ1v) is 9.29. The minimum absolute atomic E-state index is 0.103. The standard InChI is InChI=1S/C22H20N2O5/c1-14(2)21-23-19(29-24-21)13-27-22(25)20-17(12-26-15-8-4-3-5-9-15)16-10-6-7-11-18(16)28-20/h3-11,14H,12-13H2,1-2H3. The summed E-state index contributed by atoms with van der Waals surface area (Å²) in [6.45, 7) is 3.94. The minimum Gasteiger partial charge on any atom is -0.489 e. The van der Waals surface area contributed by atoms with Gasteiger partial charge in [0.2, 0.25) is 5.76 Å². The van der Waals surface area contributed by atoms with Crippen LogP contribution in [0.2, 0.25) is 0 Å². The maximum absolute atomic E-state index is 12.7. The van der Waals surface area contributed by atoms with E-state index in [1.54, 1.807) is 6.07 Å². The van der Waals surface area contributed by atoms with Crippen LogP contribution in [0, 0.1) is 0 Å². The summed E-state index contributed by atoms with van der Waals surface area (Å²) < 4.78 is 22.1. The summed E-state index contributed by atoms with van der Waals surface area (Å²) in [5, 5.41) is 4.66. The van der Waals surface area contributed by atoms with Crippen LogP contribution in [0.25, 0.3) is 11.0 Å². The van der Waals surface area contributed by atoms with Gasteiger partial charge in [0.15, 0.2) is 12.4 Å². The third-order valence-corrected chi connectivity index (χ3v) is 4.34. The van der Waals surface area contributed by atoms with Crippen molar-refractivity contribution in [3.63, 3.8) is 0 Å². The molecule has 0 radical (unpaired) electrons. The zero-order valence-electron chi connectivity index (χ0n) is 16.1. The molecule has 0 aliphatic rings. The fraction of sp³-hybridized carbons (Fsp3) is 0.227. The van der Waals surface area contributed by atoms with Crippen LogP contribution in [0.1, 0.15) is 47.6 Å². The molecule has 2 aromatic heterocycles. The van der Waals surface area contributed by atoms with Crippen LogP contribution >= 0.6 is 0 Å². The van der Waals surface area contributed by atoms with Crippen LogP contribution in [0.3, 0.4) is 0 Å². The highest BCUT2D eigenvalue weighted by atomic mass is 16.6. The van der Waals surface area contributed by atoms with E-state index < -0.39 is 5.97 Å². The number of furan rings is 1. The van der Waals surface area contributed by atoms with E-state index in [2.05, 4.69) is 10.1 Å². The molecule has 0 aliphatic carbocycles. The number of benzene rings is 2. The first kappa shape index (κ1) is 18.7. The Hall–Kier alpha value is -3.61. The van der Waals surface area contributed by atoms with Crippen molar-refractivity contribution in [2.45, 2.75) is 33.0 Å². The molecule has 0 bridgehead atoms. The van der Waals surface area contributed by atoms with E-state index >= 15 is 0 Å². The van der Waals surface area contributed by atoms with E-state index in [9.17, 15) is 4.79 Å². The summed E-state index contributed by atoms with van der Waals surface area (Å²) in [4.78, 5) is 16.9. The normalized spacial score (nSPS) is 11.1. The van der Waals surface area contributed by atoms with Gasteiger partial charge < -0.3 is 18.4 Å². The average Bonchev–Trinajstić information content (AvgIpc) is 3.36. The number of para-hydroxylation sites is 2. The fourth-order valence-corrected chi connectivity index (χ4v) is 2.83. The van der Waals surface area contributed by atoms with Crippen LogP contribution in [-0.2, 0) is 18.0 Å². The number of carbonyl (C=O) groups is 1. The number of rotatable bonds is 7. The Balaban J connectivity index is 1.54. The highest BCUT2D eigenvalue weighted by Crippen LogP contribution is 2.28. The molecule has 0 saturated heterocycles. The zero-order valence-corrected chi connectivity index (χ0v) is 16.1. The summed E-state index contributed by atoms with van der Waals surface area (Å²) in [5.41, 5.74) is 1.22. The third kappa shape index (κ3) is 4.13. The van der Waals surface area contributed by atoms with Gasteiger partial charge in [-0.25, -0.2) is 4.79 Å². The summed E-state index contributed by atoms with van der Waals surface area (Å²) in [7, 11) is 0. The van der Waals surface area contributed by atoms with E-state index in [0.29, 0.717) is 22.7 Å². The molecule has 4 rings (SSSR count).